The van der Waals surface area contributed by atoms with E-state index >= 15 is 0 Å². The molecule has 18 heavy (non-hydrogen) atoms. The van der Waals surface area contributed by atoms with Gasteiger partial charge < -0.3 is 14.9 Å². The molecule has 96 valence electrons. The van der Waals surface area contributed by atoms with Crippen LogP contribution in [0.15, 0.2) is 36.1 Å². The average molecular weight is 265 g/mol. The zero-order valence-corrected chi connectivity index (χ0v) is 11.1. The Morgan fingerprint density at radius 3 is 2.72 bits per heavy atom. The lowest BCUT2D eigenvalue weighted by Crippen LogP contribution is -2.23. The Hall–Kier alpha value is -1.54. The molecule has 0 amide bonds. The Balaban J connectivity index is 1.87. The summed E-state index contributed by atoms with van der Waals surface area (Å²) in [7, 11) is 2.45. The van der Waals surface area contributed by atoms with Crippen molar-refractivity contribution in [3.8, 4) is 0 Å². The van der Waals surface area contributed by atoms with Crippen LogP contribution in [0.2, 0.25) is 0 Å². The molecule has 5 heteroatoms. The number of aliphatic hydroxyl groups is 1. The maximum Gasteiger partial charge on any atom is 0.334 e. The van der Waals surface area contributed by atoms with E-state index in [9.17, 15) is 9.90 Å². The van der Waals surface area contributed by atoms with E-state index in [1.165, 1.54) is 5.56 Å². The summed E-state index contributed by atoms with van der Waals surface area (Å²) in [5.74, 6) is -0.342. The molecule has 2 atom stereocenters. The third-order valence-electron chi connectivity index (χ3n) is 2.88. The molecule has 1 aromatic carbocycles. The summed E-state index contributed by atoms with van der Waals surface area (Å²) >= 11 is 0. The van der Waals surface area contributed by atoms with E-state index < -0.39 is 5.97 Å². The number of cyclic esters (lactones) is 1. The van der Waals surface area contributed by atoms with Crippen molar-refractivity contribution in [1.29, 1.82) is 0 Å². The van der Waals surface area contributed by atoms with E-state index in [4.69, 9.17) is 4.74 Å². The third-order valence-corrected chi connectivity index (χ3v) is 3.21. The van der Waals surface area contributed by atoms with Crippen LogP contribution in [0.25, 0.3) is 0 Å². The highest BCUT2D eigenvalue weighted by molar-refractivity contribution is 7.18. The lowest BCUT2D eigenvalue weighted by molar-refractivity contribution is -0.145. The summed E-state index contributed by atoms with van der Waals surface area (Å²) in [4.78, 5) is 11.1. The number of esters is 1. The Kier molecular flexibility index (Phi) is 4.21. The Morgan fingerprint density at radius 1 is 1.39 bits per heavy atom. The van der Waals surface area contributed by atoms with Crippen molar-refractivity contribution in [2.75, 3.05) is 5.09 Å². The van der Waals surface area contributed by atoms with Crippen molar-refractivity contribution < 1.29 is 14.6 Å². The minimum absolute atomic E-state index is 0.110. The van der Waals surface area contributed by atoms with Crippen molar-refractivity contribution in [3.63, 3.8) is 0 Å². The van der Waals surface area contributed by atoms with E-state index in [0.717, 1.165) is 24.6 Å². The maximum atomic E-state index is 11.1. The third kappa shape index (κ3) is 3.47. The predicted molar refractivity (Wildman–Crippen MR) is 73.3 cm³/mol. The van der Waals surface area contributed by atoms with Crippen LogP contribution in [0.5, 0.6) is 0 Å². The van der Waals surface area contributed by atoms with E-state index in [2.05, 4.69) is 14.5 Å². The molecule has 2 rings (SSSR count). The number of hydrogen-bond donors (Lipinski definition) is 2. The molecule has 1 aromatic rings. The fourth-order valence-electron chi connectivity index (χ4n) is 1.92. The Bertz CT molecular complexity index is 456. The molecule has 0 bridgehead atoms. The molecule has 0 saturated carbocycles. The zero-order chi connectivity index (χ0) is 13.0. The minimum Gasteiger partial charge on any atom is -0.512 e. The number of aliphatic hydroxyl groups excluding tert-OH is 1. The molecular formula is C13H16NO3P. The van der Waals surface area contributed by atoms with E-state index in [-0.39, 0.29) is 11.9 Å². The first-order chi connectivity index (χ1) is 8.67. The number of carbonyl (C=O) groups is 1. The SMILES string of the molecule is O=C1C=C(O)CC(CCc2ccc(NP)cc2)O1. The summed E-state index contributed by atoms with van der Waals surface area (Å²) in [5, 5.41) is 12.3. The number of rotatable bonds is 4. The number of benzene rings is 1. The molecule has 0 spiro atoms. The molecule has 0 aliphatic carbocycles. The lowest BCUT2D eigenvalue weighted by atomic mass is 10.0. The van der Waals surface area contributed by atoms with Crippen LogP contribution in [0.1, 0.15) is 18.4 Å². The highest BCUT2D eigenvalue weighted by atomic mass is 31.0. The summed E-state index contributed by atoms with van der Waals surface area (Å²) in [6.45, 7) is 0. The van der Waals surface area contributed by atoms with Crippen LogP contribution < -0.4 is 5.09 Å². The van der Waals surface area contributed by atoms with Crippen LogP contribution in [-0.4, -0.2) is 17.2 Å². The molecule has 0 aromatic heterocycles. The minimum atomic E-state index is -0.452. The second-order valence-electron chi connectivity index (χ2n) is 4.28. The van der Waals surface area contributed by atoms with Crippen LogP contribution in [0.3, 0.4) is 0 Å². The number of ether oxygens (including phenoxy) is 1. The van der Waals surface area contributed by atoms with Gasteiger partial charge in [-0.2, -0.15) is 0 Å². The van der Waals surface area contributed by atoms with Gasteiger partial charge in [-0.1, -0.05) is 12.1 Å². The topological polar surface area (TPSA) is 58.6 Å². The van der Waals surface area contributed by atoms with Crippen molar-refractivity contribution in [3.05, 3.63) is 41.7 Å². The summed E-state index contributed by atoms with van der Waals surface area (Å²) < 4.78 is 5.13. The summed E-state index contributed by atoms with van der Waals surface area (Å²) in [6.07, 6.45) is 2.87. The van der Waals surface area contributed by atoms with Crippen molar-refractivity contribution >= 4 is 21.0 Å². The molecule has 2 unspecified atom stereocenters. The van der Waals surface area contributed by atoms with Crippen molar-refractivity contribution in [1.82, 2.24) is 0 Å². The highest BCUT2D eigenvalue weighted by Gasteiger charge is 2.20. The van der Waals surface area contributed by atoms with Gasteiger partial charge in [-0.3, -0.25) is 0 Å². The lowest BCUT2D eigenvalue weighted by Gasteiger charge is -2.20. The molecule has 0 fully saturated rings. The van der Waals surface area contributed by atoms with Gasteiger partial charge in [0.15, 0.2) is 0 Å². The monoisotopic (exact) mass is 265 g/mol. The predicted octanol–water partition coefficient (Wildman–Crippen LogP) is 2.58. The summed E-state index contributed by atoms with van der Waals surface area (Å²) in [6, 6.07) is 8.05. The van der Waals surface area contributed by atoms with E-state index in [0.29, 0.717) is 6.42 Å². The second kappa shape index (κ2) is 5.87. The van der Waals surface area contributed by atoms with Gasteiger partial charge in [0.05, 0.1) is 6.08 Å². The van der Waals surface area contributed by atoms with Crippen LogP contribution in [0, 0.1) is 0 Å². The molecule has 2 N–H and O–H groups in total. The fraction of sp³-hybridized carbons (Fsp3) is 0.308. The van der Waals surface area contributed by atoms with Gasteiger partial charge >= 0.3 is 5.97 Å². The van der Waals surface area contributed by atoms with Gasteiger partial charge in [-0.15, -0.1) is 0 Å². The first-order valence-corrected chi connectivity index (χ1v) is 6.41. The van der Waals surface area contributed by atoms with Gasteiger partial charge in [0.1, 0.15) is 11.9 Å². The van der Waals surface area contributed by atoms with Gasteiger partial charge in [0.25, 0.3) is 0 Å². The number of carbonyl (C=O) groups excluding carboxylic acids is 1. The normalized spacial score (nSPS) is 19.1. The van der Waals surface area contributed by atoms with E-state index in [1.807, 2.05) is 24.3 Å². The van der Waals surface area contributed by atoms with Gasteiger partial charge in [0, 0.05) is 12.1 Å². The van der Waals surface area contributed by atoms with Crippen molar-refractivity contribution in [2.24, 2.45) is 0 Å². The van der Waals surface area contributed by atoms with Gasteiger partial charge in [0.2, 0.25) is 0 Å². The van der Waals surface area contributed by atoms with Gasteiger partial charge in [-0.05, 0) is 39.9 Å². The first kappa shape index (κ1) is 12.9. The first-order valence-electron chi connectivity index (χ1n) is 5.83. The quantitative estimate of drug-likeness (QED) is 0.649. The van der Waals surface area contributed by atoms with Crippen LogP contribution in [-0.2, 0) is 16.0 Å². The van der Waals surface area contributed by atoms with Crippen molar-refractivity contribution in [2.45, 2.75) is 25.4 Å². The average Bonchev–Trinajstić information content (AvgIpc) is 2.36. The van der Waals surface area contributed by atoms with Gasteiger partial charge in [-0.25, -0.2) is 4.79 Å². The highest BCUT2D eigenvalue weighted by Crippen LogP contribution is 2.19. The Morgan fingerprint density at radius 2 is 2.11 bits per heavy atom. The number of anilines is 1. The van der Waals surface area contributed by atoms with Crippen LogP contribution >= 0.6 is 9.39 Å². The van der Waals surface area contributed by atoms with Crippen LogP contribution in [0.4, 0.5) is 5.69 Å². The standard InChI is InChI=1S/C13H16NO3P/c15-11-7-12(17-13(16)8-11)6-3-9-1-4-10(14-18)5-2-9/h1-2,4-5,8,12,14-15H,3,6-7,18H2. The molecule has 1 aliphatic heterocycles. The number of aryl methyl sites for hydroxylation is 1. The Labute approximate surface area is 108 Å². The van der Waals surface area contributed by atoms with E-state index in [1.54, 1.807) is 0 Å². The molecule has 0 radical (unpaired) electrons. The second-order valence-corrected chi connectivity index (χ2v) is 4.57. The zero-order valence-electron chi connectivity index (χ0n) is 9.93. The number of hydrogen-bond acceptors (Lipinski definition) is 4. The molecule has 0 saturated heterocycles. The largest absolute Gasteiger partial charge is 0.512 e. The molecule has 1 aliphatic rings. The number of nitrogens with one attached hydrogen (secondary N) is 1. The summed E-state index contributed by atoms with van der Waals surface area (Å²) in [5.41, 5.74) is 2.22. The maximum absolute atomic E-state index is 11.1. The smallest absolute Gasteiger partial charge is 0.334 e. The molecular weight excluding hydrogens is 249 g/mol. The fourth-order valence-corrected chi connectivity index (χ4v) is 2.12. The molecule has 1 heterocycles. The molecule has 4 nitrogen and oxygen atoms in total.